The lowest BCUT2D eigenvalue weighted by Gasteiger charge is -2.05. The number of hydrogen-bond acceptors (Lipinski definition) is 1. The van der Waals surface area contributed by atoms with Crippen LogP contribution in [0.25, 0.3) is 0 Å². The maximum Gasteiger partial charge on any atom is 0.129 e. The molecule has 0 radical (unpaired) electrons. The Morgan fingerprint density at radius 3 is 2.58 bits per heavy atom. The number of thioether (sulfide) groups is 1. The molecule has 0 heterocycles. The van der Waals surface area contributed by atoms with Crippen LogP contribution < -0.4 is 0 Å². The average molecular weight is 184 g/mol. The third-order valence-electron chi connectivity index (χ3n) is 1.92. The van der Waals surface area contributed by atoms with Crippen LogP contribution in [0.2, 0.25) is 0 Å². The van der Waals surface area contributed by atoms with Crippen LogP contribution in [-0.4, -0.2) is 6.26 Å². The maximum atomic E-state index is 13.3. The smallest absolute Gasteiger partial charge is 0.129 e. The number of rotatable bonds is 2. The van der Waals surface area contributed by atoms with Gasteiger partial charge in [0.05, 0.1) is 0 Å². The second-order valence-corrected chi connectivity index (χ2v) is 3.65. The Morgan fingerprint density at radius 1 is 1.42 bits per heavy atom. The largest absolute Gasteiger partial charge is 0.206 e. The Bertz CT molecular complexity index is 281. The minimum Gasteiger partial charge on any atom is -0.206 e. The molecule has 0 aliphatic heterocycles. The van der Waals surface area contributed by atoms with Crippen molar-refractivity contribution >= 4 is 11.8 Å². The van der Waals surface area contributed by atoms with Gasteiger partial charge in [-0.25, -0.2) is 4.39 Å². The van der Waals surface area contributed by atoms with Gasteiger partial charge in [0.1, 0.15) is 5.82 Å². The minimum absolute atomic E-state index is 0.0460. The van der Waals surface area contributed by atoms with Crippen molar-refractivity contribution in [2.24, 2.45) is 0 Å². The Labute approximate surface area is 77.2 Å². The lowest BCUT2D eigenvalue weighted by molar-refractivity contribution is 0.601. The van der Waals surface area contributed by atoms with Gasteiger partial charge in [0.2, 0.25) is 0 Å². The molecule has 0 nitrogen and oxygen atoms in total. The summed E-state index contributed by atoms with van der Waals surface area (Å²) in [6, 6.07) is 3.81. The summed E-state index contributed by atoms with van der Waals surface area (Å²) >= 11 is 1.65. The molecule has 0 saturated carbocycles. The van der Waals surface area contributed by atoms with Crippen molar-refractivity contribution < 1.29 is 4.39 Å². The van der Waals surface area contributed by atoms with E-state index in [0.717, 1.165) is 22.4 Å². The summed E-state index contributed by atoms with van der Waals surface area (Å²) in [7, 11) is 0. The molecule has 0 aliphatic carbocycles. The van der Waals surface area contributed by atoms with Gasteiger partial charge in [-0.05, 0) is 42.9 Å². The highest BCUT2D eigenvalue weighted by atomic mass is 32.2. The van der Waals surface area contributed by atoms with Crippen LogP contribution >= 0.6 is 11.8 Å². The van der Waals surface area contributed by atoms with Crippen molar-refractivity contribution in [2.75, 3.05) is 6.26 Å². The Morgan fingerprint density at radius 2 is 2.08 bits per heavy atom. The molecule has 0 bridgehead atoms. The zero-order valence-electron chi connectivity index (χ0n) is 7.65. The first-order chi connectivity index (χ1) is 5.69. The van der Waals surface area contributed by atoms with Crippen molar-refractivity contribution in [2.45, 2.75) is 25.2 Å². The highest BCUT2D eigenvalue weighted by Gasteiger charge is 2.04. The van der Waals surface area contributed by atoms with Crippen molar-refractivity contribution in [1.82, 2.24) is 0 Å². The molecule has 0 spiro atoms. The predicted octanol–water partition coefficient (Wildman–Crippen LogP) is 3.42. The molecule has 0 atom stereocenters. The van der Waals surface area contributed by atoms with Crippen LogP contribution in [0.15, 0.2) is 17.0 Å². The third-order valence-corrected chi connectivity index (χ3v) is 2.63. The average Bonchev–Trinajstić information content (AvgIpc) is 2.09. The van der Waals surface area contributed by atoms with Gasteiger partial charge in [0.25, 0.3) is 0 Å². The summed E-state index contributed by atoms with van der Waals surface area (Å²) in [6.45, 7) is 3.79. The number of aryl methyl sites for hydroxylation is 2. The van der Waals surface area contributed by atoms with Crippen LogP contribution in [0.4, 0.5) is 4.39 Å². The minimum atomic E-state index is -0.0460. The van der Waals surface area contributed by atoms with E-state index in [1.54, 1.807) is 11.8 Å². The van der Waals surface area contributed by atoms with E-state index in [1.807, 2.05) is 32.2 Å². The summed E-state index contributed by atoms with van der Waals surface area (Å²) in [5.41, 5.74) is 1.57. The van der Waals surface area contributed by atoms with E-state index in [0.29, 0.717) is 0 Å². The van der Waals surface area contributed by atoms with Gasteiger partial charge < -0.3 is 0 Å². The van der Waals surface area contributed by atoms with E-state index in [9.17, 15) is 4.39 Å². The maximum absolute atomic E-state index is 13.3. The van der Waals surface area contributed by atoms with Crippen LogP contribution in [0.3, 0.4) is 0 Å². The molecular formula is C10H13FS. The van der Waals surface area contributed by atoms with Gasteiger partial charge in [-0.2, -0.15) is 0 Å². The molecule has 0 aliphatic rings. The van der Waals surface area contributed by atoms with Crippen molar-refractivity contribution in [3.05, 3.63) is 29.1 Å². The topological polar surface area (TPSA) is 0 Å². The van der Waals surface area contributed by atoms with Gasteiger partial charge in [-0.1, -0.05) is 6.92 Å². The first-order valence-corrected chi connectivity index (χ1v) is 5.24. The Balaban J connectivity index is 3.19. The van der Waals surface area contributed by atoms with Crippen molar-refractivity contribution in [3.63, 3.8) is 0 Å². The van der Waals surface area contributed by atoms with Gasteiger partial charge >= 0.3 is 0 Å². The molecule has 0 fully saturated rings. The van der Waals surface area contributed by atoms with Gasteiger partial charge in [-0.15, -0.1) is 11.8 Å². The quantitative estimate of drug-likeness (QED) is 0.635. The number of hydrogen-bond donors (Lipinski definition) is 0. The summed E-state index contributed by atoms with van der Waals surface area (Å²) in [5.74, 6) is -0.0460. The Kier molecular flexibility index (Phi) is 3.15. The highest BCUT2D eigenvalue weighted by molar-refractivity contribution is 7.98. The third kappa shape index (κ3) is 1.81. The van der Waals surface area contributed by atoms with Crippen LogP contribution in [-0.2, 0) is 6.42 Å². The van der Waals surface area contributed by atoms with Gasteiger partial charge in [0.15, 0.2) is 0 Å². The fourth-order valence-electron chi connectivity index (χ4n) is 1.18. The summed E-state index contributed by atoms with van der Waals surface area (Å²) < 4.78 is 13.3. The van der Waals surface area contributed by atoms with Crippen LogP contribution in [0.1, 0.15) is 18.1 Å². The monoisotopic (exact) mass is 184 g/mol. The number of benzene rings is 1. The molecule has 66 valence electrons. The second-order valence-electron chi connectivity index (χ2n) is 2.77. The fraction of sp³-hybridized carbons (Fsp3) is 0.400. The molecule has 0 aromatic heterocycles. The summed E-state index contributed by atoms with van der Waals surface area (Å²) in [4.78, 5) is 1.14. The molecule has 0 unspecified atom stereocenters. The highest BCUT2D eigenvalue weighted by Crippen LogP contribution is 2.22. The van der Waals surface area contributed by atoms with Gasteiger partial charge in [-0.3, -0.25) is 0 Å². The lowest BCUT2D eigenvalue weighted by Crippen LogP contribution is -1.92. The van der Waals surface area contributed by atoms with Crippen LogP contribution in [0.5, 0.6) is 0 Å². The van der Waals surface area contributed by atoms with Crippen molar-refractivity contribution in [3.8, 4) is 0 Å². The summed E-state index contributed by atoms with van der Waals surface area (Å²) in [6.07, 6.45) is 2.77. The SMILES string of the molecule is CCc1cc(SC)cc(C)c1F. The molecular weight excluding hydrogens is 171 g/mol. The molecule has 2 heteroatoms. The fourth-order valence-corrected chi connectivity index (χ4v) is 1.74. The predicted molar refractivity (Wildman–Crippen MR) is 52.3 cm³/mol. The lowest BCUT2D eigenvalue weighted by atomic mass is 10.1. The molecule has 0 saturated heterocycles. The first-order valence-electron chi connectivity index (χ1n) is 4.02. The molecule has 0 N–H and O–H groups in total. The van der Waals surface area contributed by atoms with Gasteiger partial charge in [0, 0.05) is 4.90 Å². The van der Waals surface area contributed by atoms with E-state index >= 15 is 0 Å². The van der Waals surface area contributed by atoms with E-state index in [4.69, 9.17) is 0 Å². The second kappa shape index (κ2) is 3.94. The standard InChI is InChI=1S/C10H13FS/c1-4-8-6-9(12-3)5-7(2)10(8)11/h5-6H,4H2,1-3H3. The molecule has 12 heavy (non-hydrogen) atoms. The Hall–Kier alpha value is -0.500. The molecule has 1 aromatic rings. The normalized spacial score (nSPS) is 10.3. The molecule has 1 rings (SSSR count). The molecule has 0 amide bonds. The van der Waals surface area contributed by atoms with E-state index in [2.05, 4.69) is 0 Å². The first kappa shape index (κ1) is 9.59. The van der Waals surface area contributed by atoms with E-state index in [1.165, 1.54) is 0 Å². The zero-order valence-corrected chi connectivity index (χ0v) is 8.46. The summed E-state index contributed by atoms with van der Waals surface area (Å²) in [5, 5.41) is 0. The zero-order chi connectivity index (χ0) is 9.14. The molecule has 1 aromatic carbocycles. The van der Waals surface area contributed by atoms with Crippen molar-refractivity contribution in [1.29, 1.82) is 0 Å². The number of halogens is 1. The van der Waals surface area contributed by atoms with E-state index in [-0.39, 0.29) is 5.82 Å². The van der Waals surface area contributed by atoms with E-state index < -0.39 is 0 Å². The van der Waals surface area contributed by atoms with Crippen LogP contribution in [0, 0.1) is 12.7 Å².